The molecule has 1 aliphatic carbocycles. The molecule has 0 spiro atoms. The van der Waals surface area contributed by atoms with Gasteiger partial charge in [0, 0.05) is 11.6 Å². The Kier molecular flexibility index (Phi) is 5.14. The van der Waals surface area contributed by atoms with Crippen molar-refractivity contribution in [2.45, 2.75) is 38.3 Å². The minimum Gasteiger partial charge on any atom is -0.483 e. The second-order valence-electron chi connectivity index (χ2n) is 6.62. The van der Waals surface area contributed by atoms with Crippen LogP contribution >= 0.6 is 0 Å². The zero-order valence-corrected chi connectivity index (χ0v) is 14.9. The van der Waals surface area contributed by atoms with E-state index in [4.69, 9.17) is 9.26 Å². The molecule has 0 radical (unpaired) electrons. The van der Waals surface area contributed by atoms with Gasteiger partial charge < -0.3 is 14.6 Å². The number of para-hydroxylation sites is 1. The van der Waals surface area contributed by atoms with Gasteiger partial charge in [0.2, 0.25) is 5.82 Å². The van der Waals surface area contributed by atoms with Gasteiger partial charge >= 0.3 is 0 Å². The zero-order chi connectivity index (χ0) is 18.5. The molecule has 1 amide bonds. The van der Waals surface area contributed by atoms with Crippen LogP contribution < -0.4 is 10.1 Å². The highest BCUT2D eigenvalue weighted by atomic mass is 16.5. The molecule has 6 nitrogen and oxygen atoms in total. The second-order valence-corrected chi connectivity index (χ2v) is 6.62. The first-order valence-corrected chi connectivity index (χ1v) is 9.20. The summed E-state index contributed by atoms with van der Waals surface area (Å²) in [5.41, 5.74) is 1.40. The van der Waals surface area contributed by atoms with E-state index in [1.165, 1.54) is 12.8 Å². The van der Waals surface area contributed by atoms with Crippen molar-refractivity contribution < 1.29 is 14.1 Å². The van der Waals surface area contributed by atoms with Crippen LogP contribution in [-0.2, 0) is 6.61 Å². The first kappa shape index (κ1) is 17.3. The molecule has 6 heteroatoms. The van der Waals surface area contributed by atoms with Crippen molar-refractivity contribution in [1.29, 1.82) is 0 Å². The number of rotatable bonds is 6. The summed E-state index contributed by atoms with van der Waals surface area (Å²) >= 11 is 0. The molecule has 1 aliphatic rings. The molecule has 1 fully saturated rings. The monoisotopic (exact) mass is 363 g/mol. The van der Waals surface area contributed by atoms with E-state index in [2.05, 4.69) is 15.5 Å². The van der Waals surface area contributed by atoms with Crippen molar-refractivity contribution in [1.82, 2.24) is 15.5 Å². The number of hydrogen-bond donors (Lipinski definition) is 1. The molecule has 1 aromatic heterocycles. The molecule has 0 saturated heterocycles. The van der Waals surface area contributed by atoms with E-state index in [1.54, 1.807) is 12.1 Å². The number of amides is 1. The van der Waals surface area contributed by atoms with Crippen LogP contribution in [0.2, 0.25) is 0 Å². The lowest BCUT2D eigenvalue weighted by Crippen LogP contribution is -2.32. The quantitative estimate of drug-likeness (QED) is 0.716. The van der Waals surface area contributed by atoms with Crippen molar-refractivity contribution >= 4 is 5.91 Å². The Morgan fingerprint density at radius 1 is 1.07 bits per heavy atom. The molecule has 4 rings (SSSR count). The molecule has 1 heterocycles. The van der Waals surface area contributed by atoms with Crippen molar-refractivity contribution in [3.05, 3.63) is 66.1 Å². The average molecular weight is 363 g/mol. The van der Waals surface area contributed by atoms with Crippen LogP contribution in [-0.4, -0.2) is 22.1 Å². The van der Waals surface area contributed by atoms with E-state index in [9.17, 15) is 4.79 Å². The van der Waals surface area contributed by atoms with Crippen LogP contribution in [0, 0.1) is 0 Å². The third kappa shape index (κ3) is 4.16. The van der Waals surface area contributed by atoms with Gasteiger partial charge in [-0.05, 0) is 25.0 Å². The SMILES string of the molecule is O=C(NC1CCCC1)c1ccccc1OCc1nc(-c2ccccc2)no1. The summed E-state index contributed by atoms with van der Waals surface area (Å²) in [6, 6.07) is 17.1. The molecule has 0 aliphatic heterocycles. The van der Waals surface area contributed by atoms with E-state index in [0.717, 1.165) is 18.4 Å². The van der Waals surface area contributed by atoms with Crippen LogP contribution in [0.5, 0.6) is 5.75 Å². The molecule has 27 heavy (non-hydrogen) atoms. The maximum absolute atomic E-state index is 12.6. The first-order valence-electron chi connectivity index (χ1n) is 9.20. The lowest BCUT2D eigenvalue weighted by Gasteiger charge is -2.14. The number of nitrogens with zero attached hydrogens (tertiary/aromatic N) is 2. The third-order valence-electron chi connectivity index (χ3n) is 4.67. The normalized spacial score (nSPS) is 14.2. The highest BCUT2D eigenvalue weighted by Crippen LogP contribution is 2.22. The maximum Gasteiger partial charge on any atom is 0.264 e. The zero-order valence-electron chi connectivity index (χ0n) is 14.9. The van der Waals surface area contributed by atoms with Gasteiger partial charge in [-0.3, -0.25) is 4.79 Å². The van der Waals surface area contributed by atoms with Gasteiger partial charge in [0.05, 0.1) is 5.56 Å². The summed E-state index contributed by atoms with van der Waals surface area (Å²) in [6.07, 6.45) is 4.42. The van der Waals surface area contributed by atoms with Crippen LogP contribution in [0.1, 0.15) is 41.9 Å². The fourth-order valence-electron chi connectivity index (χ4n) is 3.27. The standard InChI is InChI=1S/C21H21N3O3/c25-21(22-16-10-4-5-11-16)17-12-6-7-13-18(17)26-14-19-23-20(24-27-19)15-8-2-1-3-9-15/h1-3,6-9,12-13,16H,4-5,10-11,14H2,(H,22,25). The first-order chi connectivity index (χ1) is 13.3. The third-order valence-corrected chi connectivity index (χ3v) is 4.67. The van der Waals surface area contributed by atoms with Gasteiger partial charge in [0.15, 0.2) is 6.61 Å². The Hall–Kier alpha value is -3.15. The van der Waals surface area contributed by atoms with E-state index >= 15 is 0 Å². The van der Waals surface area contributed by atoms with E-state index < -0.39 is 0 Å². The topological polar surface area (TPSA) is 77.2 Å². The Morgan fingerprint density at radius 3 is 2.63 bits per heavy atom. The summed E-state index contributed by atoms with van der Waals surface area (Å²) in [6.45, 7) is 0.105. The lowest BCUT2D eigenvalue weighted by atomic mass is 10.1. The smallest absolute Gasteiger partial charge is 0.264 e. The highest BCUT2D eigenvalue weighted by Gasteiger charge is 2.20. The molecule has 0 atom stereocenters. The van der Waals surface area contributed by atoms with Crippen molar-refractivity contribution in [2.75, 3.05) is 0 Å². The molecule has 0 bridgehead atoms. The Labute approximate surface area is 157 Å². The van der Waals surface area contributed by atoms with Gasteiger partial charge in [-0.2, -0.15) is 4.98 Å². The predicted molar refractivity (Wildman–Crippen MR) is 100 cm³/mol. The molecular formula is C21H21N3O3. The number of benzene rings is 2. The molecule has 0 unspecified atom stereocenters. The minimum absolute atomic E-state index is 0.104. The summed E-state index contributed by atoms with van der Waals surface area (Å²) in [4.78, 5) is 16.9. The van der Waals surface area contributed by atoms with Crippen LogP contribution in [0.4, 0.5) is 0 Å². The number of carbonyl (C=O) groups excluding carboxylic acids is 1. The molecule has 1 saturated carbocycles. The Bertz CT molecular complexity index is 902. The van der Waals surface area contributed by atoms with Crippen LogP contribution in [0.15, 0.2) is 59.1 Å². The molecular weight excluding hydrogens is 342 g/mol. The van der Waals surface area contributed by atoms with Gasteiger partial charge in [-0.1, -0.05) is 60.5 Å². The van der Waals surface area contributed by atoms with Gasteiger partial charge in [0.25, 0.3) is 11.8 Å². The summed E-state index contributed by atoms with van der Waals surface area (Å²) in [5, 5.41) is 7.07. The number of carbonyl (C=O) groups is 1. The predicted octanol–water partition coefficient (Wildman–Crippen LogP) is 3.99. The van der Waals surface area contributed by atoms with E-state index in [0.29, 0.717) is 23.0 Å². The van der Waals surface area contributed by atoms with Crippen LogP contribution in [0.25, 0.3) is 11.4 Å². The Morgan fingerprint density at radius 2 is 1.81 bits per heavy atom. The molecule has 1 N–H and O–H groups in total. The second kappa shape index (κ2) is 8.03. The van der Waals surface area contributed by atoms with Crippen LogP contribution in [0.3, 0.4) is 0 Å². The molecule has 2 aromatic carbocycles. The van der Waals surface area contributed by atoms with E-state index in [1.807, 2.05) is 42.5 Å². The summed E-state index contributed by atoms with van der Waals surface area (Å²) in [7, 11) is 0. The van der Waals surface area contributed by atoms with Gasteiger partial charge in [-0.15, -0.1) is 0 Å². The molecule has 138 valence electrons. The number of nitrogens with one attached hydrogen (secondary N) is 1. The number of aromatic nitrogens is 2. The Balaban J connectivity index is 1.43. The van der Waals surface area contributed by atoms with Gasteiger partial charge in [0.1, 0.15) is 5.75 Å². The lowest BCUT2D eigenvalue weighted by molar-refractivity contribution is 0.0932. The maximum atomic E-state index is 12.6. The van der Waals surface area contributed by atoms with E-state index in [-0.39, 0.29) is 18.6 Å². The van der Waals surface area contributed by atoms with Crippen molar-refractivity contribution in [3.8, 4) is 17.1 Å². The largest absolute Gasteiger partial charge is 0.483 e. The van der Waals surface area contributed by atoms with Crippen molar-refractivity contribution in [2.24, 2.45) is 0 Å². The number of hydrogen-bond acceptors (Lipinski definition) is 5. The fraction of sp³-hybridized carbons (Fsp3) is 0.286. The average Bonchev–Trinajstić information content (AvgIpc) is 3.39. The fourth-order valence-corrected chi connectivity index (χ4v) is 3.27. The van der Waals surface area contributed by atoms with Gasteiger partial charge in [-0.25, -0.2) is 0 Å². The minimum atomic E-state index is -0.104. The molecule has 3 aromatic rings. The summed E-state index contributed by atoms with van der Waals surface area (Å²) < 4.78 is 11.1. The summed E-state index contributed by atoms with van der Waals surface area (Å²) in [5.74, 6) is 1.28. The highest BCUT2D eigenvalue weighted by molar-refractivity contribution is 5.97. The van der Waals surface area contributed by atoms with Crippen molar-refractivity contribution in [3.63, 3.8) is 0 Å². The number of ether oxygens (including phenoxy) is 1.